The Morgan fingerprint density at radius 3 is 2.66 bits per heavy atom. The van der Waals surface area contributed by atoms with Crippen molar-refractivity contribution in [1.29, 1.82) is 0 Å². The number of anilines is 4. The number of halogens is 2. The molecule has 2 heterocycles. The summed E-state index contributed by atoms with van der Waals surface area (Å²) < 4.78 is 26.4. The Morgan fingerprint density at radius 2 is 1.94 bits per heavy atom. The molecule has 1 aliphatic rings. The van der Waals surface area contributed by atoms with Crippen LogP contribution in [0.4, 0.5) is 27.4 Å². The second kappa shape index (κ2) is 9.46. The third-order valence-corrected chi connectivity index (χ3v) is 5.42. The number of piperazine rings is 1. The standard InChI is InChI=1S/C22H24ClFN6O2/c1-29-8-10-30(11-9-29)18-7-6-17(20(31-2)19(18)24)27-22-26-13-16(23)21(28-22)32-15-5-3-4-14(25)12-15/h3-7,12-13H,8-11,25H2,1-2H3,(H,26,27,28). The molecule has 1 fully saturated rings. The summed E-state index contributed by atoms with van der Waals surface area (Å²) in [6.45, 7) is 3.23. The quantitative estimate of drug-likeness (QED) is 0.532. The molecule has 3 N–H and O–H groups in total. The highest BCUT2D eigenvalue weighted by Gasteiger charge is 2.22. The number of benzene rings is 2. The Morgan fingerprint density at radius 1 is 1.16 bits per heavy atom. The highest BCUT2D eigenvalue weighted by molar-refractivity contribution is 6.31. The molecule has 0 saturated carbocycles. The summed E-state index contributed by atoms with van der Waals surface area (Å²) in [5.41, 5.74) is 7.23. The first-order valence-electron chi connectivity index (χ1n) is 10.1. The number of nitrogens with zero attached hydrogens (tertiary/aromatic N) is 4. The van der Waals surface area contributed by atoms with E-state index in [9.17, 15) is 0 Å². The van der Waals surface area contributed by atoms with Crippen molar-refractivity contribution in [1.82, 2.24) is 14.9 Å². The maximum absolute atomic E-state index is 15.3. The number of nitrogen functional groups attached to an aromatic ring is 1. The lowest BCUT2D eigenvalue weighted by Gasteiger charge is -2.34. The molecule has 0 bridgehead atoms. The number of aromatic nitrogens is 2. The molecule has 1 saturated heterocycles. The first-order valence-corrected chi connectivity index (χ1v) is 10.5. The number of ether oxygens (including phenoxy) is 2. The van der Waals surface area contributed by atoms with E-state index in [1.807, 2.05) is 4.90 Å². The van der Waals surface area contributed by atoms with Crippen LogP contribution in [0, 0.1) is 5.82 Å². The average molecular weight is 459 g/mol. The molecule has 0 aliphatic carbocycles. The molecular weight excluding hydrogens is 435 g/mol. The van der Waals surface area contributed by atoms with Crippen LogP contribution in [0.3, 0.4) is 0 Å². The second-order valence-electron chi connectivity index (χ2n) is 7.42. The summed E-state index contributed by atoms with van der Waals surface area (Å²) in [5.74, 6) is 0.448. The highest BCUT2D eigenvalue weighted by atomic mass is 35.5. The number of hydrogen-bond donors (Lipinski definition) is 2. The minimum atomic E-state index is -0.438. The van der Waals surface area contributed by atoms with E-state index in [2.05, 4.69) is 27.2 Å². The van der Waals surface area contributed by atoms with Crippen molar-refractivity contribution in [3.8, 4) is 17.4 Å². The smallest absolute Gasteiger partial charge is 0.243 e. The molecule has 3 aromatic rings. The maximum Gasteiger partial charge on any atom is 0.243 e. The van der Waals surface area contributed by atoms with Crippen LogP contribution >= 0.6 is 11.6 Å². The van der Waals surface area contributed by atoms with Crippen LogP contribution in [-0.2, 0) is 0 Å². The fourth-order valence-electron chi connectivity index (χ4n) is 3.43. The van der Waals surface area contributed by atoms with Crippen LogP contribution in [0.25, 0.3) is 0 Å². The van der Waals surface area contributed by atoms with Gasteiger partial charge in [0.2, 0.25) is 11.8 Å². The zero-order chi connectivity index (χ0) is 22.7. The van der Waals surface area contributed by atoms with Crippen molar-refractivity contribution in [3.05, 3.63) is 53.4 Å². The Bertz CT molecular complexity index is 1110. The van der Waals surface area contributed by atoms with Gasteiger partial charge in [0.1, 0.15) is 10.8 Å². The van der Waals surface area contributed by atoms with Gasteiger partial charge in [-0.15, -0.1) is 0 Å². The molecule has 168 valence electrons. The first-order chi connectivity index (χ1) is 15.4. The molecule has 4 rings (SSSR count). The fraction of sp³-hybridized carbons (Fsp3) is 0.273. The predicted octanol–water partition coefficient (Wildman–Crippen LogP) is 4.15. The van der Waals surface area contributed by atoms with Gasteiger partial charge >= 0.3 is 0 Å². The SMILES string of the molecule is COc1c(Nc2ncc(Cl)c(Oc3cccc(N)c3)n2)ccc(N2CCN(C)CC2)c1F. The van der Waals surface area contributed by atoms with Crippen LogP contribution in [0.15, 0.2) is 42.6 Å². The molecule has 0 unspecified atom stereocenters. The Labute approximate surface area is 190 Å². The Kier molecular flexibility index (Phi) is 6.48. The van der Waals surface area contributed by atoms with Gasteiger partial charge in [-0.05, 0) is 31.3 Å². The fourth-order valence-corrected chi connectivity index (χ4v) is 3.56. The van der Waals surface area contributed by atoms with Gasteiger partial charge in [0.15, 0.2) is 11.6 Å². The van der Waals surface area contributed by atoms with E-state index in [-0.39, 0.29) is 22.6 Å². The van der Waals surface area contributed by atoms with Crippen molar-refractivity contribution >= 4 is 34.6 Å². The van der Waals surface area contributed by atoms with Gasteiger partial charge in [0.05, 0.1) is 24.7 Å². The van der Waals surface area contributed by atoms with Crippen molar-refractivity contribution in [2.75, 3.05) is 56.3 Å². The summed E-state index contributed by atoms with van der Waals surface area (Å²) in [5, 5.41) is 3.21. The first kappa shape index (κ1) is 21.9. The van der Waals surface area contributed by atoms with Crippen LogP contribution < -0.4 is 25.4 Å². The average Bonchev–Trinajstić information content (AvgIpc) is 2.77. The van der Waals surface area contributed by atoms with E-state index in [4.69, 9.17) is 26.8 Å². The molecular formula is C22H24ClFN6O2. The summed E-state index contributed by atoms with van der Waals surface area (Å²) >= 11 is 6.19. The minimum Gasteiger partial charge on any atom is -0.492 e. The number of nitrogens with two attached hydrogens (primary N) is 1. The zero-order valence-corrected chi connectivity index (χ0v) is 18.6. The second-order valence-corrected chi connectivity index (χ2v) is 7.82. The molecule has 1 aliphatic heterocycles. The van der Waals surface area contributed by atoms with Gasteiger partial charge in [0, 0.05) is 37.9 Å². The molecule has 0 spiro atoms. The van der Waals surface area contributed by atoms with Gasteiger partial charge in [-0.2, -0.15) is 4.98 Å². The largest absolute Gasteiger partial charge is 0.492 e. The lowest BCUT2D eigenvalue weighted by atomic mass is 10.2. The summed E-state index contributed by atoms with van der Waals surface area (Å²) in [7, 11) is 3.48. The van der Waals surface area contributed by atoms with E-state index in [1.165, 1.54) is 13.3 Å². The summed E-state index contributed by atoms with van der Waals surface area (Å²) in [4.78, 5) is 12.7. The van der Waals surface area contributed by atoms with Crippen LogP contribution in [0.5, 0.6) is 17.4 Å². The Hall–Kier alpha value is -3.30. The van der Waals surface area contributed by atoms with Crippen LogP contribution in [-0.4, -0.2) is 55.2 Å². The molecule has 1 aromatic heterocycles. The molecule has 2 aromatic carbocycles. The topological polar surface area (TPSA) is 88.8 Å². The van der Waals surface area contributed by atoms with Gasteiger partial charge in [-0.3, -0.25) is 0 Å². The molecule has 10 heteroatoms. The summed E-state index contributed by atoms with van der Waals surface area (Å²) in [6, 6.07) is 10.4. The molecule has 32 heavy (non-hydrogen) atoms. The highest BCUT2D eigenvalue weighted by Crippen LogP contribution is 2.37. The number of rotatable bonds is 6. The van der Waals surface area contributed by atoms with Crippen LogP contribution in [0.2, 0.25) is 5.02 Å². The van der Waals surface area contributed by atoms with Crippen molar-refractivity contribution in [2.24, 2.45) is 0 Å². The van der Waals surface area contributed by atoms with E-state index in [0.29, 0.717) is 22.8 Å². The normalized spacial score (nSPS) is 14.3. The van der Waals surface area contributed by atoms with Crippen LogP contribution in [0.1, 0.15) is 0 Å². The number of hydrogen-bond acceptors (Lipinski definition) is 8. The lowest BCUT2D eigenvalue weighted by molar-refractivity contribution is 0.311. The van der Waals surface area contributed by atoms with Crippen molar-refractivity contribution in [2.45, 2.75) is 0 Å². The zero-order valence-electron chi connectivity index (χ0n) is 17.8. The van der Waals surface area contributed by atoms with E-state index < -0.39 is 5.82 Å². The number of methoxy groups -OCH3 is 1. The molecule has 8 nitrogen and oxygen atoms in total. The predicted molar refractivity (Wildman–Crippen MR) is 124 cm³/mol. The van der Waals surface area contributed by atoms with Crippen molar-refractivity contribution < 1.29 is 13.9 Å². The summed E-state index contributed by atoms with van der Waals surface area (Å²) in [6.07, 6.45) is 1.40. The van der Waals surface area contributed by atoms with E-state index >= 15 is 4.39 Å². The third kappa shape index (κ3) is 4.79. The third-order valence-electron chi connectivity index (χ3n) is 5.16. The molecule has 0 atom stereocenters. The minimum absolute atomic E-state index is 0.0817. The number of likely N-dealkylation sites (N-methyl/N-ethyl adjacent to an activating group) is 1. The lowest BCUT2D eigenvalue weighted by Crippen LogP contribution is -2.44. The molecule has 0 radical (unpaired) electrons. The van der Waals surface area contributed by atoms with Gasteiger partial charge < -0.3 is 30.3 Å². The van der Waals surface area contributed by atoms with E-state index in [0.717, 1.165) is 26.2 Å². The number of nitrogens with one attached hydrogen (secondary N) is 1. The molecule has 0 amide bonds. The van der Waals surface area contributed by atoms with Gasteiger partial charge in [-0.1, -0.05) is 17.7 Å². The Balaban J connectivity index is 1.58. The van der Waals surface area contributed by atoms with Gasteiger partial charge in [-0.25, -0.2) is 9.37 Å². The van der Waals surface area contributed by atoms with Gasteiger partial charge in [0.25, 0.3) is 0 Å². The maximum atomic E-state index is 15.3. The van der Waals surface area contributed by atoms with Crippen molar-refractivity contribution in [3.63, 3.8) is 0 Å². The monoisotopic (exact) mass is 458 g/mol. The van der Waals surface area contributed by atoms with E-state index in [1.54, 1.807) is 36.4 Å².